The van der Waals surface area contributed by atoms with Gasteiger partial charge in [-0.2, -0.15) is 0 Å². The molecule has 1 heterocycles. The minimum atomic E-state index is -1.55. The lowest BCUT2D eigenvalue weighted by molar-refractivity contribution is -0.302. The lowest BCUT2D eigenvalue weighted by atomic mass is 9.99. The molecule has 1 fully saturated rings. The molecule has 1 saturated heterocycles. The van der Waals surface area contributed by atoms with Crippen molar-refractivity contribution >= 4 is 5.91 Å². The van der Waals surface area contributed by atoms with Gasteiger partial charge in [-0.3, -0.25) is 4.79 Å². The zero-order valence-electron chi connectivity index (χ0n) is 43.5. The van der Waals surface area contributed by atoms with Crippen molar-refractivity contribution in [1.82, 2.24) is 5.32 Å². The smallest absolute Gasteiger partial charge is 0.220 e. The molecule has 66 heavy (non-hydrogen) atoms. The number of allylic oxidation sites excluding steroid dienone is 2. The molecule has 9 heteroatoms. The van der Waals surface area contributed by atoms with Crippen LogP contribution in [0.25, 0.3) is 0 Å². The Hall–Kier alpha value is -1.07. The molecule has 0 aromatic carbocycles. The van der Waals surface area contributed by atoms with Gasteiger partial charge in [-0.05, 0) is 38.5 Å². The number of aliphatic hydroxyl groups is 5. The number of carbonyl (C=O) groups is 1. The molecule has 0 aromatic heterocycles. The number of rotatable bonds is 50. The second-order valence-corrected chi connectivity index (χ2v) is 20.4. The zero-order valence-corrected chi connectivity index (χ0v) is 43.5. The molecule has 0 aliphatic carbocycles. The lowest BCUT2D eigenvalue weighted by Gasteiger charge is -2.40. The van der Waals surface area contributed by atoms with Crippen molar-refractivity contribution in [3.8, 4) is 0 Å². The number of hydrogen-bond acceptors (Lipinski definition) is 8. The fraction of sp³-hybridized carbons (Fsp3) is 0.947. The Bertz CT molecular complexity index is 1040. The van der Waals surface area contributed by atoms with Crippen molar-refractivity contribution in [2.24, 2.45) is 0 Å². The molecule has 0 saturated carbocycles. The van der Waals surface area contributed by atoms with E-state index < -0.39 is 49.5 Å². The Balaban J connectivity index is 2.20. The van der Waals surface area contributed by atoms with Crippen LogP contribution in [0.1, 0.15) is 290 Å². The van der Waals surface area contributed by atoms with Crippen molar-refractivity contribution < 1.29 is 39.8 Å². The van der Waals surface area contributed by atoms with Gasteiger partial charge in [-0.15, -0.1) is 0 Å². The van der Waals surface area contributed by atoms with E-state index in [0.717, 1.165) is 38.5 Å². The van der Waals surface area contributed by atoms with Crippen LogP contribution < -0.4 is 5.32 Å². The molecule has 1 aliphatic heterocycles. The summed E-state index contributed by atoms with van der Waals surface area (Å²) in [6, 6.07) is -0.716. The van der Waals surface area contributed by atoms with E-state index in [1.54, 1.807) is 0 Å². The van der Waals surface area contributed by atoms with E-state index in [1.165, 1.54) is 225 Å². The number of unbranched alkanes of at least 4 members (excludes halogenated alkanes) is 38. The summed E-state index contributed by atoms with van der Waals surface area (Å²) in [5, 5.41) is 54.7. The number of nitrogens with one attached hydrogen (secondary N) is 1. The highest BCUT2D eigenvalue weighted by Gasteiger charge is 2.44. The predicted octanol–water partition coefficient (Wildman–Crippen LogP) is 14.0. The van der Waals surface area contributed by atoms with Crippen molar-refractivity contribution in [2.45, 2.75) is 333 Å². The van der Waals surface area contributed by atoms with Gasteiger partial charge in [0.25, 0.3) is 0 Å². The van der Waals surface area contributed by atoms with Crippen molar-refractivity contribution in [3.63, 3.8) is 0 Å². The molecule has 0 aromatic rings. The normalized spacial score (nSPS) is 19.8. The quantitative estimate of drug-likeness (QED) is 0.0261. The van der Waals surface area contributed by atoms with Crippen LogP contribution in [-0.4, -0.2) is 87.5 Å². The summed E-state index contributed by atoms with van der Waals surface area (Å²) in [5.41, 5.74) is 0. The van der Waals surface area contributed by atoms with Crippen LogP contribution in [0, 0.1) is 0 Å². The first kappa shape index (κ1) is 62.9. The molecule has 7 unspecified atom stereocenters. The fourth-order valence-corrected chi connectivity index (χ4v) is 9.51. The van der Waals surface area contributed by atoms with Crippen LogP contribution in [0.15, 0.2) is 12.2 Å². The summed E-state index contributed by atoms with van der Waals surface area (Å²) in [5.74, 6) is -0.140. The summed E-state index contributed by atoms with van der Waals surface area (Å²) in [6.07, 6.45) is 50.9. The number of amides is 1. The van der Waals surface area contributed by atoms with Crippen LogP contribution in [0.5, 0.6) is 0 Å². The SMILES string of the molecule is CCCCCCCCCC/C=C\CCCCCCCCCCCCCC(=O)NC(COC1OC(CO)C(O)C(O)C1O)C(O)CCCCCCCCCCCCCCCCCCCCCC. The summed E-state index contributed by atoms with van der Waals surface area (Å²) >= 11 is 0. The molecule has 0 radical (unpaired) electrons. The third kappa shape index (κ3) is 36.9. The van der Waals surface area contributed by atoms with Gasteiger partial charge in [0.05, 0.1) is 25.4 Å². The lowest BCUT2D eigenvalue weighted by Crippen LogP contribution is -2.60. The highest BCUT2D eigenvalue weighted by Crippen LogP contribution is 2.23. The van der Waals surface area contributed by atoms with Crippen LogP contribution in [-0.2, 0) is 14.3 Å². The maximum absolute atomic E-state index is 13.1. The largest absolute Gasteiger partial charge is 0.394 e. The molecule has 0 bridgehead atoms. The molecule has 9 nitrogen and oxygen atoms in total. The van der Waals surface area contributed by atoms with Gasteiger partial charge in [0.15, 0.2) is 6.29 Å². The molecule has 1 aliphatic rings. The number of carbonyl (C=O) groups excluding carboxylic acids is 1. The van der Waals surface area contributed by atoms with Crippen molar-refractivity contribution in [3.05, 3.63) is 12.2 Å². The second-order valence-electron chi connectivity index (χ2n) is 20.4. The van der Waals surface area contributed by atoms with E-state index in [9.17, 15) is 30.3 Å². The van der Waals surface area contributed by atoms with Crippen LogP contribution in [0.2, 0.25) is 0 Å². The monoisotopic (exact) mass is 938 g/mol. The topological polar surface area (TPSA) is 149 Å². The zero-order chi connectivity index (χ0) is 48.0. The van der Waals surface area contributed by atoms with E-state index in [1.807, 2.05) is 0 Å². The van der Waals surface area contributed by atoms with Gasteiger partial charge in [0, 0.05) is 6.42 Å². The fourth-order valence-electron chi connectivity index (χ4n) is 9.51. The Morgan fingerprint density at radius 1 is 0.500 bits per heavy atom. The number of ether oxygens (including phenoxy) is 2. The Morgan fingerprint density at radius 3 is 1.23 bits per heavy atom. The minimum absolute atomic E-state index is 0.134. The van der Waals surface area contributed by atoms with Crippen molar-refractivity contribution in [1.29, 1.82) is 0 Å². The summed E-state index contributed by atoms with van der Waals surface area (Å²) in [7, 11) is 0. The molecule has 7 atom stereocenters. The van der Waals surface area contributed by atoms with Gasteiger partial charge >= 0.3 is 0 Å². The van der Waals surface area contributed by atoms with Crippen molar-refractivity contribution in [2.75, 3.05) is 13.2 Å². The molecule has 1 amide bonds. The Morgan fingerprint density at radius 2 is 0.848 bits per heavy atom. The third-order valence-corrected chi connectivity index (χ3v) is 14.1. The standard InChI is InChI=1S/C57H111NO8/c1-3-5-7-9-11-13-15-17-19-21-23-25-26-27-29-31-33-35-37-39-41-43-45-47-53(61)58-50(49-65-57-56(64)55(63)54(62)52(48-59)66-57)51(60)46-44-42-40-38-36-34-32-30-28-24-22-20-18-16-14-12-10-8-6-4-2/h21,23,50-52,54-57,59-60,62-64H,3-20,22,24-49H2,1-2H3,(H,58,61)/b23-21-. The maximum Gasteiger partial charge on any atom is 0.220 e. The van der Waals surface area contributed by atoms with E-state index in [-0.39, 0.29) is 12.5 Å². The van der Waals surface area contributed by atoms with E-state index in [2.05, 4.69) is 31.3 Å². The van der Waals surface area contributed by atoms with Gasteiger partial charge in [-0.1, -0.05) is 257 Å². The molecule has 0 spiro atoms. The third-order valence-electron chi connectivity index (χ3n) is 14.1. The Kier molecular flexibility index (Phi) is 45.4. The number of aliphatic hydroxyl groups excluding tert-OH is 5. The Labute approximate surface area is 407 Å². The molecular formula is C57H111NO8. The first-order valence-electron chi connectivity index (χ1n) is 28.9. The van der Waals surface area contributed by atoms with E-state index in [0.29, 0.717) is 12.8 Å². The van der Waals surface area contributed by atoms with Crippen LogP contribution >= 0.6 is 0 Å². The van der Waals surface area contributed by atoms with E-state index >= 15 is 0 Å². The minimum Gasteiger partial charge on any atom is -0.394 e. The van der Waals surface area contributed by atoms with Gasteiger partial charge in [0.1, 0.15) is 24.4 Å². The molecule has 392 valence electrons. The molecule has 1 rings (SSSR count). The average Bonchev–Trinajstić information content (AvgIpc) is 3.32. The molecule has 6 N–H and O–H groups in total. The average molecular weight is 939 g/mol. The number of hydrogen-bond donors (Lipinski definition) is 6. The van der Waals surface area contributed by atoms with Crippen LogP contribution in [0.3, 0.4) is 0 Å². The first-order chi connectivity index (χ1) is 32.3. The maximum atomic E-state index is 13.1. The predicted molar refractivity (Wildman–Crippen MR) is 277 cm³/mol. The van der Waals surface area contributed by atoms with Crippen LogP contribution in [0.4, 0.5) is 0 Å². The van der Waals surface area contributed by atoms with Gasteiger partial charge < -0.3 is 40.3 Å². The highest BCUT2D eigenvalue weighted by atomic mass is 16.7. The summed E-state index contributed by atoms with van der Waals surface area (Å²) in [6.45, 7) is 3.88. The summed E-state index contributed by atoms with van der Waals surface area (Å²) < 4.78 is 11.3. The first-order valence-corrected chi connectivity index (χ1v) is 28.9. The second kappa shape index (κ2) is 47.6. The van der Waals surface area contributed by atoms with Gasteiger partial charge in [-0.25, -0.2) is 0 Å². The summed E-state index contributed by atoms with van der Waals surface area (Å²) in [4.78, 5) is 13.1. The van der Waals surface area contributed by atoms with E-state index in [4.69, 9.17) is 9.47 Å². The van der Waals surface area contributed by atoms with Gasteiger partial charge in [0.2, 0.25) is 5.91 Å². The molecular weight excluding hydrogens is 827 g/mol. The highest BCUT2D eigenvalue weighted by molar-refractivity contribution is 5.76.